The van der Waals surface area contributed by atoms with Crippen molar-refractivity contribution in [1.82, 2.24) is 5.32 Å². The Bertz CT molecular complexity index is 217. The van der Waals surface area contributed by atoms with Gasteiger partial charge in [0.1, 0.15) is 6.04 Å². The van der Waals surface area contributed by atoms with E-state index >= 15 is 0 Å². The Morgan fingerprint density at radius 2 is 1.80 bits per heavy atom. The van der Waals surface area contributed by atoms with Gasteiger partial charge in [-0.1, -0.05) is 0 Å². The molecule has 0 aliphatic carbocycles. The fourth-order valence-corrected chi connectivity index (χ4v) is 0.859. The number of carboxylic acid groups (broad SMARTS) is 1. The number of hydrogen-bond donors (Lipinski definition) is 5. The van der Waals surface area contributed by atoms with Crippen molar-refractivity contribution in [3.05, 3.63) is 0 Å². The van der Waals surface area contributed by atoms with Gasteiger partial charge in [0.15, 0.2) is 0 Å². The van der Waals surface area contributed by atoms with Crippen LogP contribution in [-0.2, 0) is 9.59 Å². The van der Waals surface area contributed by atoms with Crippen molar-refractivity contribution in [1.29, 1.82) is 0 Å². The highest BCUT2D eigenvalue weighted by Crippen LogP contribution is 1.95. The average Bonchev–Trinajstić information content (AvgIpc) is 2.22. The average molecular weight is 220 g/mol. The molecule has 0 heterocycles. The van der Waals surface area contributed by atoms with Crippen molar-refractivity contribution < 1.29 is 24.9 Å². The quantitative estimate of drug-likeness (QED) is 0.326. The maximum atomic E-state index is 11.1. The molecule has 0 bridgehead atoms. The molecule has 15 heavy (non-hydrogen) atoms. The summed E-state index contributed by atoms with van der Waals surface area (Å²) < 4.78 is 0. The van der Waals surface area contributed by atoms with Crippen LogP contribution in [0.3, 0.4) is 0 Å². The highest BCUT2D eigenvalue weighted by atomic mass is 16.4. The van der Waals surface area contributed by atoms with E-state index in [-0.39, 0.29) is 26.1 Å². The number of aliphatic hydroxyl groups is 2. The minimum Gasteiger partial charge on any atom is -0.480 e. The minimum atomic E-state index is -1.16. The van der Waals surface area contributed by atoms with E-state index in [1.807, 2.05) is 0 Å². The molecule has 0 fully saturated rings. The summed E-state index contributed by atoms with van der Waals surface area (Å²) in [4.78, 5) is 21.4. The summed E-state index contributed by atoms with van der Waals surface area (Å²) in [5, 5.41) is 28.0. The Kier molecular flexibility index (Phi) is 6.59. The maximum absolute atomic E-state index is 11.1. The molecule has 0 aliphatic rings. The number of carbonyl (C=O) groups excluding carboxylic acids is 1. The van der Waals surface area contributed by atoms with E-state index in [9.17, 15) is 9.59 Å². The maximum Gasteiger partial charge on any atom is 0.320 e. The molecule has 0 spiro atoms. The van der Waals surface area contributed by atoms with Gasteiger partial charge in [0, 0.05) is 6.42 Å². The predicted molar refractivity (Wildman–Crippen MR) is 50.9 cm³/mol. The van der Waals surface area contributed by atoms with Crippen LogP contribution in [0.4, 0.5) is 0 Å². The first-order valence-electron chi connectivity index (χ1n) is 4.50. The molecule has 0 aromatic rings. The third-order valence-corrected chi connectivity index (χ3v) is 1.81. The van der Waals surface area contributed by atoms with E-state index in [4.69, 9.17) is 21.1 Å². The van der Waals surface area contributed by atoms with Crippen molar-refractivity contribution in [3.8, 4) is 0 Å². The van der Waals surface area contributed by atoms with Crippen LogP contribution in [0.2, 0.25) is 0 Å². The third kappa shape index (κ3) is 6.00. The Morgan fingerprint density at radius 1 is 1.27 bits per heavy atom. The van der Waals surface area contributed by atoms with Crippen molar-refractivity contribution in [2.24, 2.45) is 5.73 Å². The summed E-state index contributed by atoms with van der Waals surface area (Å²) >= 11 is 0. The minimum absolute atomic E-state index is 0.0186. The summed E-state index contributed by atoms with van der Waals surface area (Å²) in [5.74, 6) is -1.61. The third-order valence-electron chi connectivity index (χ3n) is 1.81. The van der Waals surface area contributed by atoms with E-state index in [2.05, 4.69) is 5.32 Å². The number of amides is 1. The van der Waals surface area contributed by atoms with Gasteiger partial charge in [-0.3, -0.25) is 9.59 Å². The second kappa shape index (κ2) is 7.16. The number of rotatable bonds is 7. The highest BCUT2D eigenvalue weighted by molar-refractivity contribution is 5.78. The van der Waals surface area contributed by atoms with Gasteiger partial charge in [-0.15, -0.1) is 0 Å². The highest BCUT2D eigenvalue weighted by Gasteiger charge is 2.15. The number of carbonyl (C=O) groups is 2. The van der Waals surface area contributed by atoms with Gasteiger partial charge < -0.3 is 26.4 Å². The second-order valence-electron chi connectivity index (χ2n) is 3.11. The topological polar surface area (TPSA) is 133 Å². The van der Waals surface area contributed by atoms with Gasteiger partial charge in [0.2, 0.25) is 5.91 Å². The summed E-state index contributed by atoms with van der Waals surface area (Å²) in [6.45, 7) is -0.736. The van der Waals surface area contributed by atoms with Crippen LogP contribution < -0.4 is 11.1 Å². The lowest BCUT2D eigenvalue weighted by atomic mass is 10.1. The molecule has 6 N–H and O–H groups in total. The van der Waals surface area contributed by atoms with Crippen LogP contribution in [0.25, 0.3) is 0 Å². The van der Waals surface area contributed by atoms with Crippen molar-refractivity contribution >= 4 is 11.9 Å². The summed E-state index contributed by atoms with van der Waals surface area (Å²) in [5.41, 5.74) is 5.18. The molecular weight excluding hydrogens is 204 g/mol. The Morgan fingerprint density at radius 3 is 2.20 bits per heavy atom. The van der Waals surface area contributed by atoms with Crippen LogP contribution in [0.5, 0.6) is 0 Å². The Hall–Kier alpha value is -1.18. The second-order valence-corrected chi connectivity index (χ2v) is 3.11. The molecular formula is C8H16N2O5. The number of hydrogen-bond acceptors (Lipinski definition) is 5. The zero-order valence-corrected chi connectivity index (χ0v) is 8.22. The van der Waals surface area contributed by atoms with Crippen molar-refractivity contribution in [2.45, 2.75) is 24.9 Å². The normalized spacial score (nSPS) is 12.5. The Balaban J connectivity index is 3.79. The van der Waals surface area contributed by atoms with Crippen molar-refractivity contribution in [2.75, 3.05) is 13.2 Å². The molecule has 0 saturated heterocycles. The standard InChI is InChI=1S/C8H16N2O5/c9-6(8(14)15)1-2-7(13)10-5(3-11)4-12/h5-6,11-12H,1-4,9H2,(H,10,13)(H,14,15). The summed E-state index contributed by atoms with van der Waals surface area (Å²) in [6.07, 6.45) is -0.0330. The lowest BCUT2D eigenvalue weighted by molar-refractivity contribution is -0.138. The number of nitrogens with one attached hydrogen (secondary N) is 1. The molecule has 0 radical (unpaired) electrons. The first-order chi connectivity index (χ1) is 7.01. The largest absolute Gasteiger partial charge is 0.480 e. The van der Waals surface area contributed by atoms with Gasteiger partial charge in [-0.05, 0) is 6.42 Å². The number of nitrogens with two attached hydrogens (primary N) is 1. The number of aliphatic carboxylic acids is 1. The van der Waals surface area contributed by atoms with Gasteiger partial charge in [0.05, 0.1) is 19.3 Å². The zero-order chi connectivity index (χ0) is 11.8. The van der Waals surface area contributed by atoms with E-state index < -0.39 is 24.0 Å². The summed E-state index contributed by atoms with van der Waals surface area (Å²) in [7, 11) is 0. The SMILES string of the molecule is NC(CCC(=O)NC(CO)CO)C(=O)O. The van der Waals surface area contributed by atoms with Crippen LogP contribution in [0.1, 0.15) is 12.8 Å². The van der Waals surface area contributed by atoms with Gasteiger partial charge in [-0.2, -0.15) is 0 Å². The van der Waals surface area contributed by atoms with E-state index in [1.54, 1.807) is 0 Å². The zero-order valence-electron chi connectivity index (χ0n) is 8.22. The van der Waals surface area contributed by atoms with Crippen molar-refractivity contribution in [3.63, 3.8) is 0 Å². The lowest BCUT2D eigenvalue weighted by Gasteiger charge is -2.13. The molecule has 0 rings (SSSR count). The smallest absolute Gasteiger partial charge is 0.320 e. The monoisotopic (exact) mass is 220 g/mol. The molecule has 0 aromatic carbocycles. The fraction of sp³-hybridized carbons (Fsp3) is 0.750. The first-order valence-corrected chi connectivity index (χ1v) is 4.50. The van der Waals surface area contributed by atoms with Crippen LogP contribution in [-0.4, -0.2) is 52.5 Å². The molecule has 0 aliphatic heterocycles. The van der Waals surface area contributed by atoms with Gasteiger partial charge in [0.25, 0.3) is 0 Å². The van der Waals surface area contributed by atoms with E-state index in [0.29, 0.717) is 0 Å². The van der Waals surface area contributed by atoms with Crippen LogP contribution in [0, 0.1) is 0 Å². The van der Waals surface area contributed by atoms with Gasteiger partial charge >= 0.3 is 5.97 Å². The number of carboxylic acids is 1. The molecule has 1 unspecified atom stereocenters. The van der Waals surface area contributed by atoms with Gasteiger partial charge in [-0.25, -0.2) is 0 Å². The lowest BCUT2D eigenvalue weighted by Crippen LogP contribution is -2.41. The first kappa shape index (κ1) is 13.8. The molecule has 0 saturated carbocycles. The number of aliphatic hydroxyl groups excluding tert-OH is 2. The van der Waals surface area contributed by atoms with Crippen LogP contribution in [0.15, 0.2) is 0 Å². The Labute approximate surface area is 86.9 Å². The molecule has 7 heteroatoms. The van der Waals surface area contributed by atoms with E-state index in [1.165, 1.54) is 0 Å². The molecule has 88 valence electrons. The summed E-state index contributed by atoms with van der Waals surface area (Å²) in [6, 6.07) is -1.78. The predicted octanol–water partition coefficient (Wildman–Crippen LogP) is -2.35. The van der Waals surface area contributed by atoms with Crippen LogP contribution >= 0.6 is 0 Å². The molecule has 0 aromatic heterocycles. The molecule has 1 amide bonds. The van der Waals surface area contributed by atoms with E-state index in [0.717, 1.165) is 0 Å². The molecule has 7 nitrogen and oxygen atoms in total. The molecule has 1 atom stereocenters. The fourth-order valence-electron chi connectivity index (χ4n) is 0.859.